The third kappa shape index (κ3) is 7.78. The Morgan fingerprint density at radius 1 is 1.08 bits per heavy atom. The van der Waals surface area contributed by atoms with Gasteiger partial charge >= 0.3 is 0 Å². The first-order chi connectivity index (χ1) is 12.2. The zero-order valence-electron chi connectivity index (χ0n) is 16.0. The number of nitrogens with one attached hydrogen (secondary N) is 2. The molecule has 0 bridgehead atoms. The van der Waals surface area contributed by atoms with Crippen molar-refractivity contribution in [2.24, 2.45) is 4.99 Å². The second-order valence-electron chi connectivity index (χ2n) is 5.96. The van der Waals surface area contributed by atoms with Crippen LogP contribution in [0.5, 0.6) is 0 Å². The van der Waals surface area contributed by atoms with Gasteiger partial charge in [0.15, 0.2) is 5.96 Å². The molecule has 2 rings (SSSR count). The van der Waals surface area contributed by atoms with Crippen molar-refractivity contribution in [1.29, 1.82) is 0 Å². The maximum Gasteiger partial charge on any atom is 0.191 e. The van der Waals surface area contributed by atoms with E-state index in [4.69, 9.17) is 4.42 Å². The Labute approximate surface area is 174 Å². The number of aliphatic imine (C=N–C) groups is 1. The molecule has 0 spiro atoms. The Hall–Kier alpha value is -1.54. The van der Waals surface area contributed by atoms with Crippen LogP contribution in [-0.2, 0) is 19.5 Å². The number of hydrogen-bond acceptors (Lipinski definition) is 3. The minimum atomic E-state index is 0. The van der Waals surface area contributed by atoms with Crippen molar-refractivity contribution in [3.05, 3.63) is 59.5 Å². The minimum absolute atomic E-state index is 0. The molecule has 0 aliphatic heterocycles. The highest BCUT2D eigenvalue weighted by Gasteiger charge is 2.03. The number of guanidine groups is 1. The lowest BCUT2D eigenvalue weighted by Crippen LogP contribution is -2.37. The SMILES string of the molecule is CCN(CC)Cc1cccc(CNC(=NC)NCCc2ccco2)c1.I. The minimum Gasteiger partial charge on any atom is -0.469 e. The summed E-state index contributed by atoms with van der Waals surface area (Å²) in [5.74, 6) is 1.78. The standard InChI is InChI=1S/C20H30N4O.HI/c1-4-24(5-2)16-18-9-6-8-17(14-18)15-23-20(21-3)22-12-11-19-10-7-13-25-19;/h6-10,13-14H,4-5,11-12,15-16H2,1-3H3,(H2,21,22,23);1H. The summed E-state index contributed by atoms with van der Waals surface area (Å²) < 4.78 is 5.34. The molecule has 144 valence electrons. The third-order valence-electron chi connectivity index (χ3n) is 4.22. The molecule has 0 aliphatic carbocycles. The van der Waals surface area contributed by atoms with Gasteiger partial charge in [-0.3, -0.25) is 9.89 Å². The molecule has 0 aliphatic rings. The van der Waals surface area contributed by atoms with Gasteiger partial charge in [0, 0.05) is 33.1 Å². The Kier molecular flexibility index (Phi) is 11.0. The quantitative estimate of drug-likeness (QED) is 0.334. The van der Waals surface area contributed by atoms with Gasteiger partial charge in [-0.05, 0) is 36.3 Å². The molecule has 1 heterocycles. The number of rotatable bonds is 9. The Bertz CT molecular complexity index is 639. The van der Waals surface area contributed by atoms with E-state index in [0.717, 1.165) is 50.9 Å². The van der Waals surface area contributed by atoms with E-state index in [2.05, 4.69) is 58.6 Å². The van der Waals surface area contributed by atoms with Crippen molar-refractivity contribution < 1.29 is 4.42 Å². The van der Waals surface area contributed by atoms with Gasteiger partial charge < -0.3 is 15.1 Å². The number of nitrogens with zero attached hydrogens (tertiary/aromatic N) is 2. The van der Waals surface area contributed by atoms with Crippen LogP contribution in [0.4, 0.5) is 0 Å². The lowest BCUT2D eigenvalue weighted by atomic mass is 10.1. The Balaban J connectivity index is 0.00000338. The summed E-state index contributed by atoms with van der Waals surface area (Å²) in [6.07, 6.45) is 2.54. The Morgan fingerprint density at radius 3 is 2.50 bits per heavy atom. The lowest BCUT2D eigenvalue weighted by Gasteiger charge is -2.18. The predicted octanol–water partition coefficient (Wildman–Crippen LogP) is 3.65. The average Bonchev–Trinajstić information content (AvgIpc) is 3.16. The molecule has 0 fully saturated rings. The van der Waals surface area contributed by atoms with Crippen molar-refractivity contribution >= 4 is 29.9 Å². The maximum atomic E-state index is 5.34. The fourth-order valence-electron chi connectivity index (χ4n) is 2.71. The summed E-state index contributed by atoms with van der Waals surface area (Å²) in [5.41, 5.74) is 2.61. The third-order valence-corrected chi connectivity index (χ3v) is 4.22. The fourth-order valence-corrected chi connectivity index (χ4v) is 2.71. The maximum absolute atomic E-state index is 5.34. The van der Waals surface area contributed by atoms with Gasteiger partial charge in [-0.1, -0.05) is 38.1 Å². The Morgan fingerprint density at radius 2 is 1.85 bits per heavy atom. The van der Waals surface area contributed by atoms with Crippen LogP contribution in [0.15, 0.2) is 52.1 Å². The van der Waals surface area contributed by atoms with Crippen molar-refractivity contribution in [2.75, 3.05) is 26.7 Å². The summed E-state index contributed by atoms with van der Waals surface area (Å²) in [5, 5.41) is 6.68. The first kappa shape index (κ1) is 22.5. The fraction of sp³-hybridized carbons (Fsp3) is 0.450. The second-order valence-corrected chi connectivity index (χ2v) is 5.96. The largest absolute Gasteiger partial charge is 0.469 e. The smallest absolute Gasteiger partial charge is 0.191 e. The highest BCUT2D eigenvalue weighted by atomic mass is 127. The zero-order valence-corrected chi connectivity index (χ0v) is 18.3. The van der Waals surface area contributed by atoms with E-state index >= 15 is 0 Å². The van der Waals surface area contributed by atoms with Crippen molar-refractivity contribution in [2.45, 2.75) is 33.4 Å². The molecule has 5 nitrogen and oxygen atoms in total. The summed E-state index contributed by atoms with van der Waals surface area (Å²) in [6, 6.07) is 12.6. The molecule has 1 aromatic heterocycles. The van der Waals surface area contributed by atoms with Crippen LogP contribution in [0.2, 0.25) is 0 Å². The number of halogens is 1. The van der Waals surface area contributed by atoms with E-state index in [1.54, 1.807) is 13.3 Å². The van der Waals surface area contributed by atoms with Crippen molar-refractivity contribution in [1.82, 2.24) is 15.5 Å². The molecule has 26 heavy (non-hydrogen) atoms. The first-order valence-corrected chi connectivity index (χ1v) is 9.02. The summed E-state index contributed by atoms with van der Waals surface area (Å²) in [4.78, 5) is 6.69. The van der Waals surface area contributed by atoms with Crippen molar-refractivity contribution in [3.8, 4) is 0 Å². The van der Waals surface area contributed by atoms with Crippen LogP contribution >= 0.6 is 24.0 Å². The number of furan rings is 1. The van der Waals surface area contributed by atoms with E-state index in [1.165, 1.54) is 11.1 Å². The van der Waals surface area contributed by atoms with Gasteiger partial charge in [0.2, 0.25) is 0 Å². The summed E-state index contributed by atoms with van der Waals surface area (Å²) >= 11 is 0. The molecule has 0 saturated carbocycles. The van der Waals surface area contributed by atoms with E-state index in [9.17, 15) is 0 Å². The molecular weight excluding hydrogens is 439 g/mol. The second kappa shape index (κ2) is 12.8. The van der Waals surface area contributed by atoms with Gasteiger partial charge in [-0.25, -0.2) is 0 Å². The topological polar surface area (TPSA) is 52.8 Å². The molecule has 6 heteroatoms. The molecule has 0 amide bonds. The normalized spacial score (nSPS) is 11.3. The molecule has 0 saturated heterocycles. The van der Waals surface area contributed by atoms with Crippen LogP contribution in [0.3, 0.4) is 0 Å². The molecular formula is C20H31IN4O. The van der Waals surface area contributed by atoms with Crippen LogP contribution < -0.4 is 10.6 Å². The lowest BCUT2D eigenvalue weighted by molar-refractivity contribution is 0.296. The van der Waals surface area contributed by atoms with E-state index in [0.29, 0.717) is 0 Å². The van der Waals surface area contributed by atoms with Crippen LogP contribution in [-0.4, -0.2) is 37.5 Å². The molecule has 0 radical (unpaired) electrons. The van der Waals surface area contributed by atoms with Gasteiger partial charge in [-0.2, -0.15) is 0 Å². The van der Waals surface area contributed by atoms with E-state index < -0.39 is 0 Å². The van der Waals surface area contributed by atoms with E-state index in [-0.39, 0.29) is 24.0 Å². The zero-order chi connectivity index (χ0) is 17.9. The predicted molar refractivity (Wildman–Crippen MR) is 119 cm³/mol. The molecule has 1 aromatic carbocycles. The monoisotopic (exact) mass is 470 g/mol. The van der Waals surface area contributed by atoms with Crippen LogP contribution in [0.1, 0.15) is 30.7 Å². The van der Waals surface area contributed by atoms with Gasteiger partial charge in [0.05, 0.1) is 6.26 Å². The highest BCUT2D eigenvalue weighted by Crippen LogP contribution is 2.08. The van der Waals surface area contributed by atoms with Crippen LogP contribution in [0.25, 0.3) is 0 Å². The summed E-state index contributed by atoms with van der Waals surface area (Å²) in [6.45, 7) is 9.09. The van der Waals surface area contributed by atoms with E-state index in [1.807, 2.05) is 12.1 Å². The number of hydrogen-bond donors (Lipinski definition) is 2. The van der Waals surface area contributed by atoms with Crippen molar-refractivity contribution in [3.63, 3.8) is 0 Å². The molecule has 2 N–H and O–H groups in total. The molecule has 2 aromatic rings. The first-order valence-electron chi connectivity index (χ1n) is 9.02. The van der Waals surface area contributed by atoms with Gasteiger partial charge in [0.25, 0.3) is 0 Å². The number of benzene rings is 1. The molecule has 0 atom stereocenters. The molecule has 0 unspecified atom stereocenters. The van der Waals surface area contributed by atoms with Crippen LogP contribution in [0, 0.1) is 0 Å². The summed E-state index contributed by atoms with van der Waals surface area (Å²) in [7, 11) is 1.79. The van der Waals surface area contributed by atoms with Gasteiger partial charge in [-0.15, -0.1) is 24.0 Å². The van der Waals surface area contributed by atoms with Gasteiger partial charge in [0.1, 0.15) is 5.76 Å². The average molecular weight is 470 g/mol. The highest BCUT2D eigenvalue weighted by molar-refractivity contribution is 14.0.